The number of hydrogen-bond donors (Lipinski definition) is 1. The molecule has 0 spiro atoms. The molecule has 0 aliphatic rings. The van der Waals surface area contributed by atoms with Crippen LogP contribution >= 0.6 is 46.7 Å². The van der Waals surface area contributed by atoms with Gasteiger partial charge in [-0.3, -0.25) is 0 Å². The van der Waals surface area contributed by atoms with Crippen LogP contribution in [0.15, 0.2) is 58.5 Å². The number of aliphatic hydroxyl groups is 1. The summed E-state index contributed by atoms with van der Waals surface area (Å²) in [6.07, 6.45) is 1.99. The maximum Gasteiger partial charge on any atom is 0.146 e. The third-order valence-electron chi connectivity index (χ3n) is 2.66. The summed E-state index contributed by atoms with van der Waals surface area (Å²) in [6.45, 7) is 3.48. The first-order valence-electron chi connectivity index (χ1n) is 6.30. The summed E-state index contributed by atoms with van der Waals surface area (Å²) in [6, 6.07) is 11.0. The Morgan fingerprint density at radius 3 is 2.59 bits per heavy atom. The summed E-state index contributed by atoms with van der Waals surface area (Å²) in [5.41, 5.74) is 0. The molecule has 0 heterocycles. The fourth-order valence-corrected chi connectivity index (χ4v) is 3.27. The van der Waals surface area contributed by atoms with E-state index < -0.39 is 0 Å². The van der Waals surface area contributed by atoms with Gasteiger partial charge in [-0.2, -0.15) is 0 Å². The fraction of sp³-hybridized carbons (Fsp3) is 0.125. The van der Waals surface area contributed by atoms with Gasteiger partial charge in [-0.1, -0.05) is 29.8 Å². The minimum absolute atomic E-state index is 0.105. The normalized spacial score (nSPS) is 10.5. The number of aliphatic hydroxyl groups excluding tert-OH is 1. The molecule has 0 aliphatic heterocycles. The Bertz CT molecular complexity index is 690. The van der Waals surface area contributed by atoms with Gasteiger partial charge in [0.05, 0.1) is 21.4 Å². The van der Waals surface area contributed by atoms with Crippen molar-refractivity contribution in [3.8, 4) is 11.5 Å². The smallest absolute Gasteiger partial charge is 0.146 e. The molecule has 2 rings (SSSR count). The Morgan fingerprint density at radius 2 is 1.95 bits per heavy atom. The molecule has 0 saturated heterocycles. The number of ether oxygens (including phenoxy) is 1. The number of rotatable bonds is 6. The van der Waals surface area contributed by atoms with Crippen LogP contribution < -0.4 is 4.74 Å². The lowest BCUT2D eigenvalue weighted by Gasteiger charge is -2.13. The Hall–Kier alpha value is -0.940. The highest BCUT2D eigenvalue weighted by Gasteiger charge is 2.10. The monoisotopic (exact) mass is 372 g/mol. The lowest BCUT2D eigenvalue weighted by Crippen LogP contribution is -1.90. The molecule has 0 bridgehead atoms. The molecule has 116 valence electrons. The van der Waals surface area contributed by atoms with E-state index in [1.165, 1.54) is 11.8 Å². The van der Waals surface area contributed by atoms with Crippen molar-refractivity contribution in [2.24, 2.45) is 0 Å². The molecule has 2 aromatic carbocycles. The lowest BCUT2D eigenvalue weighted by atomic mass is 10.3. The molecule has 22 heavy (non-hydrogen) atoms. The summed E-state index contributed by atoms with van der Waals surface area (Å²) >= 11 is 15.3. The molecular formula is C16H14Cl2O2S2. The molecule has 0 unspecified atom stereocenters. The quantitative estimate of drug-likeness (QED) is 0.452. The highest BCUT2D eigenvalue weighted by molar-refractivity contribution is 7.99. The Kier molecular flexibility index (Phi) is 6.38. The first-order chi connectivity index (χ1) is 10.5. The molecule has 0 saturated carbocycles. The summed E-state index contributed by atoms with van der Waals surface area (Å²) in [5.74, 6) is 1.65. The van der Waals surface area contributed by atoms with E-state index in [0.29, 0.717) is 27.3 Å². The number of halogens is 2. The third-order valence-corrected chi connectivity index (χ3v) is 5.04. The van der Waals surface area contributed by atoms with Crippen molar-refractivity contribution in [3.63, 3.8) is 0 Å². The van der Waals surface area contributed by atoms with Crippen LogP contribution in [0.3, 0.4) is 0 Å². The number of hydrogen-bond acceptors (Lipinski definition) is 4. The standard InChI is InChI=1S/C16H14Cl2O2S2/c1-10(19)9-22-16-6-3-11(17)7-15(16)20-14-5-4-12(21-2)8-13(14)18/h3-8,19H,1,9H2,2H3. The first-order valence-corrected chi connectivity index (χ1v) is 9.26. The zero-order valence-electron chi connectivity index (χ0n) is 11.8. The van der Waals surface area contributed by atoms with Gasteiger partial charge in [0, 0.05) is 16.0 Å². The van der Waals surface area contributed by atoms with E-state index in [0.717, 1.165) is 9.79 Å². The SMILES string of the molecule is C=C(O)CSc1ccc(Cl)cc1Oc1ccc(SC)cc1Cl. The van der Waals surface area contributed by atoms with Crippen LogP contribution in [0.2, 0.25) is 10.0 Å². The number of thioether (sulfide) groups is 2. The summed E-state index contributed by atoms with van der Waals surface area (Å²) < 4.78 is 5.90. The zero-order chi connectivity index (χ0) is 16.1. The molecule has 0 atom stereocenters. The average molecular weight is 373 g/mol. The highest BCUT2D eigenvalue weighted by atomic mass is 35.5. The predicted octanol–water partition coefficient (Wildman–Crippen LogP) is 6.67. The molecule has 0 fully saturated rings. The third kappa shape index (κ3) is 4.78. The maximum atomic E-state index is 9.25. The van der Waals surface area contributed by atoms with Crippen molar-refractivity contribution in [2.45, 2.75) is 9.79 Å². The van der Waals surface area contributed by atoms with Gasteiger partial charge in [-0.25, -0.2) is 0 Å². The van der Waals surface area contributed by atoms with Crippen molar-refractivity contribution >= 4 is 46.7 Å². The van der Waals surface area contributed by atoms with Crippen molar-refractivity contribution in [2.75, 3.05) is 12.0 Å². The largest absolute Gasteiger partial charge is 0.512 e. The fourth-order valence-electron chi connectivity index (χ4n) is 1.65. The first kappa shape index (κ1) is 17.4. The second kappa shape index (κ2) is 8.06. The van der Waals surface area contributed by atoms with Crippen molar-refractivity contribution in [1.29, 1.82) is 0 Å². The van der Waals surface area contributed by atoms with E-state index in [9.17, 15) is 5.11 Å². The minimum atomic E-state index is 0.105. The van der Waals surface area contributed by atoms with Crippen molar-refractivity contribution in [1.82, 2.24) is 0 Å². The Labute approximate surface area is 148 Å². The van der Waals surface area contributed by atoms with E-state index in [1.54, 1.807) is 23.9 Å². The van der Waals surface area contributed by atoms with Crippen LogP contribution in [-0.2, 0) is 0 Å². The van der Waals surface area contributed by atoms with Crippen LogP contribution in [-0.4, -0.2) is 17.1 Å². The van der Waals surface area contributed by atoms with Gasteiger partial charge in [0.2, 0.25) is 0 Å². The van der Waals surface area contributed by atoms with Gasteiger partial charge in [-0.05, 0) is 36.6 Å². The minimum Gasteiger partial charge on any atom is -0.512 e. The van der Waals surface area contributed by atoms with Crippen LogP contribution in [0.4, 0.5) is 0 Å². The number of benzene rings is 2. The van der Waals surface area contributed by atoms with Gasteiger partial charge in [0.25, 0.3) is 0 Å². The summed E-state index contributed by atoms with van der Waals surface area (Å²) in [7, 11) is 0. The van der Waals surface area contributed by atoms with E-state index >= 15 is 0 Å². The van der Waals surface area contributed by atoms with E-state index in [4.69, 9.17) is 27.9 Å². The van der Waals surface area contributed by atoms with Crippen LogP contribution in [0.25, 0.3) is 0 Å². The molecule has 2 aromatic rings. The van der Waals surface area contributed by atoms with E-state index in [-0.39, 0.29) is 5.76 Å². The van der Waals surface area contributed by atoms with Crippen LogP contribution in [0.5, 0.6) is 11.5 Å². The maximum absolute atomic E-state index is 9.25. The molecule has 0 aromatic heterocycles. The van der Waals surface area contributed by atoms with Gasteiger partial charge >= 0.3 is 0 Å². The predicted molar refractivity (Wildman–Crippen MR) is 97.3 cm³/mol. The summed E-state index contributed by atoms with van der Waals surface area (Å²) in [4.78, 5) is 1.92. The van der Waals surface area contributed by atoms with Gasteiger partial charge in [0.1, 0.15) is 11.5 Å². The summed E-state index contributed by atoms with van der Waals surface area (Å²) in [5, 5.41) is 10.4. The topological polar surface area (TPSA) is 29.5 Å². The Morgan fingerprint density at radius 1 is 1.18 bits per heavy atom. The van der Waals surface area contributed by atoms with Gasteiger partial charge in [0.15, 0.2) is 0 Å². The zero-order valence-corrected chi connectivity index (χ0v) is 15.0. The Balaban J connectivity index is 2.27. The molecule has 0 radical (unpaired) electrons. The van der Waals surface area contributed by atoms with Gasteiger partial charge in [-0.15, -0.1) is 23.5 Å². The van der Waals surface area contributed by atoms with E-state index in [2.05, 4.69) is 6.58 Å². The van der Waals surface area contributed by atoms with E-state index in [1.807, 2.05) is 30.5 Å². The molecule has 2 nitrogen and oxygen atoms in total. The van der Waals surface area contributed by atoms with Crippen LogP contribution in [0, 0.1) is 0 Å². The van der Waals surface area contributed by atoms with Crippen LogP contribution in [0.1, 0.15) is 0 Å². The van der Waals surface area contributed by atoms with Gasteiger partial charge < -0.3 is 9.84 Å². The van der Waals surface area contributed by atoms with Crippen molar-refractivity contribution < 1.29 is 9.84 Å². The molecule has 1 N–H and O–H groups in total. The molecular weight excluding hydrogens is 359 g/mol. The average Bonchev–Trinajstić information content (AvgIpc) is 2.48. The second-order valence-corrected chi connectivity index (χ2v) is 7.08. The lowest BCUT2D eigenvalue weighted by molar-refractivity contribution is 0.420. The van der Waals surface area contributed by atoms with Crippen molar-refractivity contribution in [3.05, 3.63) is 58.8 Å². The molecule has 0 aliphatic carbocycles. The highest BCUT2D eigenvalue weighted by Crippen LogP contribution is 2.38. The second-order valence-electron chi connectivity index (χ2n) is 4.34. The molecule has 0 amide bonds. The molecule has 6 heteroatoms.